The highest BCUT2D eigenvalue weighted by Gasteiger charge is 2.20. The fraction of sp³-hybridized carbons (Fsp3) is 0.375. The molecule has 2 rings (SSSR count). The molecular formula is C8H10N2OS. The van der Waals surface area contributed by atoms with Gasteiger partial charge in [0.1, 0.15) is 0 Å². The predicted octanol–water partition coefficient (Wildman–Crippen LogP) is 2.03. The number of fused-ring (bicyclic) bond motifs is 1. The summed E-state index contributed by atoms with van der Waals surface area (Å²) in [5, 5.41) is 2.83. The van der Waals surface area contributed by atoms with Gasteiger partial charge in [-0.3, -0.25) is 0 Å². The maximum absolute atomic E-state index is 11.2. The number of anilines is 1. The Labute approximate surface area is 75.0 Å². The molecule has 0 aromatic carbocycles. The van der Waals surface area contributed by atoms with Gasteiger partial charge in [0, 0.05) is 16.8 Å². The molecule has 0 atom stereocenters. The molecule has 3 nitrogen and oxygen atoms in total. The first-order valence-electron chi connectivity index (χ1n) is 3.78. The first-order chi connectivity index (χ1) is 5.66. The van der Waals surface area contributed by atoms with E-state index < -0.39 is 0 Å². The summed E-state index contributed by atoms with van der Waals surface area (Å²) in [6.07, 6.45) is 0. The van der Waals surface area contributed by atoms with Crippen molar-refractivity contribution in [2.75, 3.05) is 12.4 Å². The standard InChI is InChI=1S/C8H10N2OS/c1-5-3-6-7(12-5)4-10(2)8(11)9-6/h3H,4H2,1-2H3,(H,9,11). The Kier molecular flexibility index (Phi) is 1.58. The summed E-state index contributed by atoms with van der Waals surface area (Å²) in [5.74, 6) is 0. The van der Waals surface area contributed by atoms with Crippen LogP contribution in [-0.2, 0) is 6.54 Å². The van der Waals surface area contributed by atoms with Gasteiger partial charge < -0.3 is 10.2 Å². The van der Waals surface area contributed by atoms with Gasteiger partial charge in [-0.25, -0.2) is 4.79 Å². The number of carbonyl (C=O) groups is 1. The quantitative estimate of drug-likeness (QED) is 0.654. The molecule has 1 aliphatic heterocycles. The van der Waals surface area contributed by atoms with E-state index in [1.165, 1.54) is 9.75 Å². The fourth-order valence-electron chi connectivity index (χ4n) is 1.28. The monoisotopic (exact) mass is 182 g/mol. The van der Waals surface area contributed by atoms with E-state index in [-0.39, 0.29) is 6.03 Å². The van der Waals surface area contributed by atoms with Crippen LogP contribution in [0.3, 0.4) is 0 Å². The number of hydrogen-bond donors (Lipinski definition) is 1. The van der Waals surface area contributed by atoms with Crippen LogP contribution < -0.4 is 5.32 Å². The minimum absolute atomic E-state index is 0.0136. The maximum atomic E-state index is 11.2. The van der Waals surface area contributed by atoms with Gasteiger partial charge >= 0.3 is 6.03 Å². The third-order valence-corrected chi connectivity index (χ3v) is 2.94. The SMILES string of the molecule is Cc1cc2c(s1)CN(C)C(=O)N2. The van der Waals surface area contributed by atoms with Crippen LogP contribution >= 0.6 is 11.3 Å². The van der Waals surface area contributed by atoms with Gasteiger partial charge in [-0.05, 0) is 13.0 Å². The van der Waals surface area contributed by atoms with Gasteiger partial charge in [0.2, 0.25) is 0 Å². The molecule has 1 N–H and O–H groups in total. The number of aryl methyl sites for hydroxylation is 1. The number of amides is 2. The first-order valence-corrected chi connectivity index (χ1v) is 4.60. The van der Waals surface area contributed by atoms with E-state index in [2.05, 4.69) is 12.2 Å². The average Bonchev–Trinajstić information content (AvgIpc) is 2.30. The van der Waals surface area contributed by atoms with Crippen LogP contribution in [0.1, 0.15) is 9.75 Å². The Bertz CT molecular complexity index is 332. The van der Waals surface area contributed by atoms with Gasteiger partial charge in [-0.2, -0.15) is 0 Å². The van der Waals surface area contributed by atoms with Gasteiger partial charge in [0.25, 0.3) is 0 Å². The smallest absolute Gasteiger partial charge is 0.321 e. The Morgan fingerprint density at radius 3 is 3.17 bits per heavy atom. The van der Waals surface area contributed by atoms with Crippen LogP contribution in [0.4, 0.5) is 10.5 Å². The van der Waals surface area contributed by atoms with Gasteiger partial charge in [0.05, 0.1) is 12.2 Å². The van der Waals surface area contributed by atoms with Crippen LogP contribution in [-0.4, -0.2) is 18.0 Å². The largest absolute Gasteiger partial charge is 0.322 e. The molecule has 0 aliphatic carbocycles. The van der Waals surface area contributed by atoms with Crippen molar-refractivity contribution < 1.29 is 4.79 Å². The lowest BCUT2D eigenvalue weighted by molar-refractivity contribution is 0.219. The van der Waals surface area contributed by atoms with Crippen LogP contribution in [0.2, 0.25) is 0 Å². The van der Waals surface area contributed by atoms with Crippen molar-refractivity contribution >= 4 is 23.1 Å². The summed E-state index contributed by atoms with van der Waals surface area (Å²) >= 11 is 1.74. The molecular weight excluding hydrogens is 172 g/mol. The van der Waals surface area contributed by atoms with E-state index in [0.717, 1.165) is 12.2 Å². The van der Waals surface area contributed by atoms with Crippen molar-refractivity contribution in [3.05, 3.63) is 15.8 Å². The minimum atomic E-state index is -0.0136. The van der Waals surface area contributed by atoms with Crippen LogP contribution in [0, 0.1) is 6.92 Å². The van der Waals surface area contributed by atoms with Gasteiger partial charge in [-0.15, -0.1) is 11.3 Å². The van der Waals surface area contributed by atoms with E-state index in [1.54, 1.807) is 23.3 Å². The van der Waals surface area contributed by atoms with E-state index in [4.69, 9.17) is 0 Å². The number of thiophene rings is 1. The lowest BCUT2D eigenvalue weighted by atomic mass is 10.3. The summed E-state index contributed by atoms with van der Waals surface area (Å²) in [7, 11) is 1.80. The highest BCUT2D eigenvalue weighted by Crippen LogP contribution is 2.30. The van der Waals surface area contributed by atoms with E-state index in [1.807, 2.05) is 6.07 Å². The number of nitrogens with zero attached hydrogens (tertiary/aromatic N) is 1. The van der Waals surface area contributed by atoms with Crippen LogP contribution in [0.25, 0.3) is 0 Å². The molecule has 0 saturated carbocycles. The summed E-state index contributed by atoms with van der Waals surface area (Å²) in [4.78, 5) is 15.4. The van der Waals surface area contributed by atoms with Crippen molar-refractivity contribution in [2.24, 2.45) is 0 Å². The predicted molar refractivity (Wildman–Crippen MR) is 49.5 cm³/mol. The second kappa shape index (κ2) is 2.48. The average molecular weight is 182 g/mol. The van der Waals surface area contributed by atoms with Crippen LogP contribution in [0.5, 0.6) is 0 Å². The number of nitrogens with one attached hydrogen (secondary N) is 1. The molecule has 2 heterocycles. The third-order valence-electron chi connectivity index (χ3n) is 1.90. The summed E-state index contributed by atoms with van der Waals surface area (Å²) in [6, 6.07) is 2.01. The second-order valence-electron chi connectivity index (χ2n) is 2.98. The van der Waals surface area contributed by atoms with Crippen molar-refractivity contribution in [3.8, 4) is 0 Å². The molecule has 64 valence electrons. The zero-order valence-electron chi connectivity index (χ0n) is 7.05. The zero-order chi connectivity index (χ0) is 8.72. The highest BCUT2D eigenvalue weighted by molar-refractivity contribution is 7.12. The molecule has 0 bridgehead atoms. The van der Waals surface area contributed by atoms with Crippen molar-refractivity contribution in [1.29, 1.82) is 0 Å². The Morgan fingerprint density at radius 1 is 1.67 bits per heavy atom. The number of hydrogen-bond acceptors (Lipinski definition) is 2. The molecule has 1 aromatic rings. The topological polar surface area (TPSA) is 32.3 Å². The van der Waals surface area contributed by atoms with Crippen molar-refractivity contribution in [3.63, 3.8) is 0 Å². The third kappa shape index (κ3) is 1.08. The van der Waals surface area contributed by atoms with Gasteiger partial charge in [0.15, 0.2) is 0 Å². The molecule has 1 aromatic heterocycles. The molecule has 0 radical (unpaired) electrons. The second-order valence-corrected chi connectivity index (χ2v) is 4.32. The molecule has 0 fully saturated rings. The maximum Gasteiger partial charge on any atom is 0.321 e. The van der Waals surface area contributed by atoms with Crippen molar-refractivity contribution in [1.82, 2.24) is 4.90 Å². The Balaban J connectivity index is 2.39. The summed E-state index contributed by atoms with van der Waals surface area (Å²) in [5.41, 5.74) is 0.987. The molecule has 0 unspecified atom stereocenters. The van der Waals surface area contributed by atoms with E-state index in [9.17, 15) is 4.79 Å². The van der Waals surface area contributed by atoms with Gasteiger partial charge in [-0.1, -0.05) is 0 Å². The molecule has 0 saturated heterocycles. The molecule has 4 heteroatoms. The normalized spacial score (nSPS) is 15.8. The first kappa shape index (κ1) is 7.61. The van der Waals surface area contributed by atoms with E-state index >= 15 is 0 Å². The fourth-order valence-corrected chi connectivity index (χ4v) is 2.33. The molecule has 2 amide bonds. The number of urea groups is 1. The summed E-state index contributed by atoms with van der Waals surface area (Å²) < 4.78 is 0. The number of rotatable bonds is 0. The van der Waals surface area contributed by atoms with E-state index in [0.29, 0.717) is 0 Å². The molecule has 0 spiro atoms. The number of carbonyl (C=O) groups excluding carboxylic acids is 1. The zero-order valence-corrected chi connectivity index (χ0v) is 7.86. The minimum Gasteiger partial charge on any atom is -0.322 e. The van der Waals surface area contributed by atoms with Crippen molar-refractivity contribution in [2.45, 2.75) is 13.5 Å². The Morgan fingerprint density at radius 2 is 2.42 bits per heavy atom. The lowest BCUT2D eigenvalue weighted by Gasteiger charge is -2.22. The highest BCUT2D eigenvalue weighted by atomic mass is 32.1. The summed E-state index contributed by atoms with van der Waals surface area (Å²) in [6.45, 7) is 2.79. The molecule has 12 heavy (non-hydrogen) atoms. The van der Waals surface area contributed by atoms with Crippen LogP contribution in [0.15, 0.2) is 6.07 Å². The lowest BCUT2D eigenvalue weighted by Crippen LogP contribution is -2.34. The Hall–Kier alpha value is -1.03. The molecule has 1 aliphatic rings.